The number of hydrogen-bond acceptors (Lipinski definition) is 4. The maximum absolute atomic E-state index is 12.7. The summed E-state index contributed by atoms with van der Waals surface area (Å²) in [6, 6.07) is 8.57. The predicted molar refractivity (Wildman–Crippen MR) is 98.6 cm³/mol. The zero-order valence-corrected chi connectivity index (χ0v) is 15.6. The van der Waals surface area contributed by atoms with Crippen molar-refractivity contribution in [3.8, 4) is 0 Å². The molecule has 25 heavy (non-hydrogen) atoms. The summed E-state index contributed by atoms with van der Waals surface area (Å²) in [4.78, 5) is 12.7. The number of benzene rings is 1. The van der Waals surface area contributed by atoms with Crippen molar-refractivity contribution in [3.63, 3.8) is 0 Å². The summed E-state index contributed by atoms with van der Waals surface area (Å²) in [6.07, 6.45) is 5.64. The summed E-state index contributed by atoms with van der Waals surface area (Å²) in [5, 5.41) is 12.4. The molecule has 1 amide bonds. The molecule has 0 bridgehead atoms. The number of thioether (sulfide) groups is 1. The van der Waals surface area contributed by atoms with Gasteiger partial charge in [0.15, 0.2) is 5.16 Å². The fourth-order valence-corrected chi connectivity index (χ4v) is 4.36. The first-order valence-corrected chi connectivity index (χ1v) is 9.95. The van der Waals surface area contributed by atoms with Gasteiger partial charge in [0, 0.05) is 13.0 Å². The molecule has 1 saturated carbocycles. The number of nitrogens with one attached hydrogen (secondary N) is 1. The van der Waals surface area contributed by atoms with Crippen molar-refractivity contribution in [2.45, 2.75) is 61.4 Å². The van der Waals surface area contributed by atoms with Crippen LogP contribution in [0.4, 0.5) is 0 Å². The minimum absolute atomic E-state index is 0.0719. The van der Waals surface area contributed by atoms with E-state index in [1.54, 1.807) is 0 Å². The number of rotatable bonds is 5. The average molecular weight is 356 g/mol. The summed E-state index contributed by atoms with van der Waals surface area (Å²) in [5.41, 5.74) is 2.63. The molecule has 1 aromatic carbocycles. The second-order valence-corrected chi connectivity index (χ2v) is 8.39. The molecule has 1 heterocycles. The third-order valence-corrected chi connectivity index (χ3v) is 6.28. The molecular weight excluding hydrogens is 332 g/mol. The molecule has 2 aliphatic carbocycles. The molecule has 1 fully saturated rings. The molecule has 2 atom stereocenters. The Labute approximate surface area is 152 Å². The van der Waals surface area contributed by atoms with E-state index >= 15 is 0 Å². The second kappa shape index (κ2) is 6.83. The van der Waals surface area contributed by atoms with Gasteiger partial charge in [-0.05, 0) is 50.2 Å². The molecule has 4 rings (SSSR count). The Balaban J connectivity index is 1.41. The number of aryl methyl sites for hydroxylation is 1. The van der Waals surface area contributed by atoms with Crippen LogP contribution >= 0.6 is 11.8 Å². The molecule has 0 saturated heterocycles. The predicted octanol–water partition coefficient (Wildman–Crippen LogP) is 3.37. The smallest absolute Gasteiger partial charge is 0.233 e. The Morgan fingerprint density at radius 3 is 2.88 bits per heavy atom. The van der Waals surface area contributed by atoms with Crippen molar-refractivity contribution in [1.29, 1.82) is 0 Å². The summed E-state index contributed by atoms with van der Waals surface area (Å²) in [7, 11) is 2.00. The Morgan fingerprint density at radius 1 is 1.28 bits per heavy atom. The topological polar surface area (TPSA) is 59.8 Å². The Morgan fingerprint density at radius 2 is 2.08 bits per heavy atom. The molecule has 0 aliphatic heterocycles. The molecule has 132 valence electrons. The van der Waals surface area contributed by atoms with E-state index in [1.807, 2.05) is 18.5 Å². The highest BCUT2D eigenvalue weighted by Gasteiger charge is 2.30. The van der Waals surface area contributed by atoms with E-state index in [0.29, 0.717) is 5.92 Å². The van der Waals surface area contributed by atoms with Crippen LogP contribution in [-0.4, -0.2) is 25.9 Å². The monoisotopic (exact) mass is 356 g/mol. The summed E-state index contributed by atoms with van der Waals surface area (Å²) in [5.74, 6) is 1.69. The van der Waals surface area contributed by atoms with Gasteiger partial charge in [-0.3, -0.25) is 4.79 Å². The zero-order chi connectivity index (χ0) is 17.4. The summed E-state index contributed by atoms with van der Waals surface area (Å²) < 4.78 is 2.04. The molecule has 0 unspecified atom stereocenters. The fourth-order valence-electron chi connectivity index (χ4n) is 3.53. The van der Waals surface area contributed by atoms with Gasteiger partial charge < -0.3 is 9.88 Å². The molecule has 2 aliphatic rings. The molecule has 0 spiro atoms. The van der Waals surface area contributed by atoms with Crippen LogP contribution in [0.2, 0.25) is 0 Å². The minimum Gasteiger partial charge on any atom is -0.348 e. The van der Waals surface area contributed by atoms with Crippen molar-refractivity contribution in [2.24, 2.45) is 7.05 Å². The van der Waals surface area contributed by atoms with Gasteiger partial charge in [-0.25, -0.2) is 0 Å². The highest BCUT2D eigenvalue weighted by Crippen LogP contribution is 2.40. The average Bonchev–Trinajstić information content (AvgIpc) is 3.40. The lowest BCUT2D eigenvalue weighted by atomic mass is 9.88. The van der Waals surface area contributed by atoms with Crippen molar-refractivity contribution in [2.75, 3.05) is 0 Å². The largest absolute Gasteiger partial charge is 0.348 e. The lowest BCUT2D eigenvalue weighted by molar-refractivity contribution is -0.121. The number of aromatic nitrogens is 3. The maximum Gasteiger partial charge on any atom is 0.233 e. The number of fused-ring (bicyclic) bond motifs is 1. The van der Waals surface area contributed by atoms with Crippen molar-refractivity contribution in [1.82, 2.24) is 20.1 Å². The van der Waals surface area contributed by atoms with E-state index in [0.717, 1.165) is 30.2 Å². The summed E-state index contributed by atoms with van der Waals surface area (Å²) in [6.45, 7) is 1.94. The van der Waals surface area contributed by atoms with E-state index in [-0.39, 0.29) is 17.2 Å². The van der Waals surface area contributed by atoms with E-state index in [2.05, 4.69) is 39.8 Å². The van der Waals surface area contributed by atoms with Gasteiger partial charge in [-0.2, -0.15) is 0 Å². The highest BCUT2D eigenvalue weighted by molar-refractivity contribution is 8.00. The first-order valence-electron chi connectivity index (χ1n) is 9.07. The Kier molecular flexibility index (Phi) is 4.54. The van der Waals surface area contributed by atoms with E-state index in [9.17, 15) is 4.79 Å². The number of hydrogen-bond donors (Lipinski definition) is 1. The van der Waals surface area contributed by atoms with Gasteiger partial charge >= 0.3 is 0 Å². The lowest BCUT2D eigenvalue weighted by Gasteiger charge is -2.27. The lowest BCUT2D eigenvalue weighted by Crippen LogP contribution is -2.36. The molecule has 2 aromatic rings. The molecular formula is C19H24N4OS. The van der Waals surface area contributed by atoms with Crippen LogP contribution in [0.5, 0.6) is 0 Å². The van der Waals surface area contributed by atoms with Crippen LogP contribution in [0.25, 0.3) is 0 Å². The third kappa shape index (κ3) is 3.45. The van der Waals surface area contributed by atoms with Crippen molar-refractivity contribution >= 4 is 17.7 Å². The first kappa shape index (κ1) is 16.6. The van der Waals surface area contributed by atoms with Gasteiger partial charge in [0.05, 0.1) is 11.3 Å². The van der Waals surface area contributed by atoms with Gasteiger partial charge in [0.2, 0.25) is 5.91 Å². The van der Waals surface area contributed by atoms with E-state index < -0.39 is 0 Å². The van der Waals surface area contributed by atoms with E-state index in [1.165, 1.54) is 35.7 Å². The molecule has 1 aromatic heterocycles. The maximum atomic E-state index is 12.7. The number of nitrogens with zero attached hydrogens (tertiary/aromatic N) is 3. The van der Waals surface area contributed by atoms with Crippen LogP contribution in [-0.2, 0) is 18.3 Å². The van der Waals surface area contributed by atoms with Gasteiger partial charge in [0.1, 0.15) is 5.82 Å². The van der Waals surface area contributed by atoms with Crippen LogP contribution in [0.15, 0.2) is 29.4 Å². The van der Waals surface area contributed by atoms with Crippen molar-refractivity contribution in [3.05, 3.63) is 41.2 Å². The molecule has 1 N–H and O–H groups in total. The molecule has 6 heteroatoms. The SMILES string of the molecule is C[C@H](Sc1nnc(C2CC2)n1C)C(=O)N[C@H]1CCCc2ccccc21. The Hall–Kier alpha value is -1.82. The first-order chi connectivity index (χ1) is 12.1. The zero-order valence-electron chi connectivity index (χ0n) is 14.7. The van der Waals surface area contributed by atoms with Crippen LogP contribution in [0.3, 0.4) is 0 Å². The standard InChI is InChI=1S/C19H24N4OS/c1-12(25-19-22-21-17(23(19)2)14-10-11-14)18(24)20-16-9-5-7-13-6-3-4-8-15(13)16/h3-4,6,8,12,14,16H,5,7,9-11H2,1-2H3,(H,20,24)/t12-,16-/m0/s1. The summed E-state index contributed by atoms with van der Waals surface area (Å²) >= 11 is 1.49. The number of carbonyl (C=O) groups excluding carboxylic acids is 1. The highest BCUT2D eigenvalue weighted by atomic mass is 32.2. The Bertz CT molecular complexity index is 783. The second-order valence-electron chi connectivity index (χ2n) is 7.09. The minimum atomic E-state index is -0.191. The number of amides is 1. The van der Waals surface area contributed by atoms with Crippen molar-refractivity contribution < 1.29 is 4.79 Å². The molecule has 0 radical (unpaired) electrons. The third-order valence-electron chi connectivity index (χ3n) is 5.15. The van der Waals surface area contributed by atoms with Gasteiger partial charge in [-0.15, -0.1) is 10.2 Å². The van der Waals surface area contributed by atoms with Crippen LogP contribution < -0.4 is 5.32 Å². The van der Waals surface area contributed by atoms with Gasteiger partial charge in [0.25, 0.3) is 0 Å². The molecule has 5 nitrogen and oxygen atoms in total. The quantitative estimate of drug-likeness (QED) is 0.835. The fraction of sp³-hybridized carbons (Fsp3) is 0.526. The van der Waals surface area contributed by atoms with Crippen LogP contribution in [0.1, 0.15) is 61.5 Å². The van der Waals surface area contributed by atoms with E-state index in [4.69, 9.17) is 0 Å². The number of carbonyl (C=O) groups is 1. The van der Waals surface area contributed by atoms with Crippen LogP contribution in [0, 0.1) is 0 Å². The van der Waals surface area contributed by atoms with Gasteiger partial charge in [-0.1, -0.05) is 36.0 Å². The normalized spacial score (nSPS) is 20.8.